The summed E-state index contributed by atoms with van der Waals surface area (Å²) < 4.78 is 1.35. The van der Waals surface area contributed by atoms with E-state index in [1.54, 1.807) is 0 Å². The van der Waals surface area contributed by atoms with Gasteiger partial charge in [0.05, 0.1) is 11.1 Å². The zero-order chi connectivity index (χ0) is 13.2. The lowest BCUT2D eigenvalue weighted by atomic mass is 9.88. The molecule has 1 aromatic heterocycles. The largest absolute Gasteiger partial charge is 0.347 e. The van der Waals surface area contributed by atoms with Crippen molar-refractivity contribution in [3.8, 4) is 0 Å². The van der Waals surface area contributed by atoms with Gasteiger partial charge in [0.1, 0.15) is 6.20 Å². The molecule has 0 unspecified atom stereocenters. The molecule has 18 heavy (non-hydrogen) atoms. The average Bonchev–Trinajstić information content (AvgIpc) is 2.81. The minimum atomic E-state index is -0.537. The molecular formula is C11H15N3O3S. The molecule has 1 saturated carbocycles. The van der Waals surface area contributed by atoms with Gasteiger partial charge >= 0.3 is 11.4 Å². The molecule has 1 aliphatic carbocycles. The van der Waals surface area contributed by atoms with Crippen LogP contribution in [0.3, 0.4) is 0 Å². The Bertz CT molecular complexity index is 509. The summed E-state index contributed by atoms with van der Waals surface area (Å²) in [5.74, 6) is 0.683. The summed E-state index contributed by atoms with van der Waals surface area (Å²) in [6.07, 6.45) is 6.53. The highest BCUT2D eigenvalue weighted by atomic mass is 32.1. The highest BCUT2D eigenvalue weighted by Crippen LogP contribution is 2.40. The first-order valence-electron chi connectivity index (χ1n) is 5.88. The van der Waals surface area contributed by atoms with Crippen LogP contribution in [0, 0.1) is 15.5 Å². The number of nitrogens with zero attached hydrogens (tertiary/aromatic N) is 3. The van der Waals surface area contributed by atoms with Crippen LogP contribution in [0.4, 0.5) is 5.69 Å². The molecule has 6 nitrogen and oxygen atoms in total. The maximum atomic E-state index is 11.6. The van der Waals surface area contributed by atoms with Gasteiger partial charge < -0.3 is 0 Å². The molecule has 1 fully saturated rings. The Morgan fingerprint density at radius 3 is 2.72 bits per heavy atom. The Morgan fingerprint density at radius 1 is 1.50 bits per heavy atom. The van der Waals surface area contributed by atoms with Crippen LogP contribution >= 0.6 is 12.6 Å². The minimum absolute atomic E-state index is 0.0240. The fourth-order valence-corrected chi connectivity index (χ4v) is 2.92. The smallest absolute Gasteiger partial charge is 0.292 e. The first-order chi connectivity index (χ1) is 8.56. The van der Waals surface area contributed by atoms with E-state index in [9.17, 15) is 14.9 Å². The summed E-state index contributed by atoms with van der Waals surface area (Å²) in [5.41, 5.74) is -0.611. The van der Waals surface area contributed by atoms with Gasteiger partial charge in [-0.05, 0) is 24.0 Å². The van der Waals surface area contributed by atoms with E-state index in [4.69, 9.17) is 0 Å². The number of thiol groups is 1. The lowest BCUT2D eigenvalue weighted by molar-refractivity contribution is -0.385. The van der Waals surface area contributed by atoms with Gasteiger partial charge in [-0.15, -0.1) is 0 Å². The van der Waals surface area contributed by atoms with Crippen LogP contribution in [0.5, 0.6) is 0 Å². The quantitative estimate of drug-likeness (QED) is 0.512. The molecule has 98 valence electrons. The van der Waals surface area contributed by atoms with Crippen LogP contribution in [0.2, 0.25) is 0 Å². The molecule has 1 heterocycles. The predicted octanol–water partition coefficient (Wildman–Crippen LogP) is 1.64. The third kappa shape index (κ3) is 2.55. The lowest BCUT2D eigenvalue weighted by Crippen LogP contribution is -2.32. The number of hydrogen-bond acceptors (Lipinski definition) is 5. The van der Waals surface area contributed by atoms with Gasteiger partial charge in [0.2, 0.25) is 0 Å². The second-order valence-electron chi connectivity index (χ2n) is 4.84. The van der Waals surface area contributed by atoms with E-state index in [1.807, 2.05) is 0 Å². The van der Waals surface area contributed by atoms with Crippen LogP contribution in [0.1, 0.15) is 25.7 Å². The van der Waals surface area contributed by atoms with Crippen molar-refractivity contribution >= 4 is 18.3 Å². The molecule has 0 saturated heterocycles. The maximum absolute atomic E-state index is 11.6. The highest BCUT2D eigenvalue weighted by molar-refractivity contribution is 7.80. The number of hydrogen-bond donors (Lipinski definition) is 1. The van der Waals surface area contributed by atoms with Crippen LogP contribution in [-0.4, -0.2) is 20.2 Å². The molecule has 0 amide bonds. The SMILES string of the molecule is O=c1ncc([N+](=O)[O-])cn1CC1(CS)CCCC1. The first-order valence-corrected chi connectivity index (χ1v) is 6.51. The molecule has 0 atom stereocenters. The number of nitro groups is 1. The van der Waals surface area contributed by atoms with Gasteiger partial charge in [-0.2, -0.15) is 17.6 Å². The van der Waals surface area contributed by atoms with E-state index in [1.165, 1.54) is 10.8 Å². The van der Waals surface area contributed by atoms with E-state index in [0.29, 0.717) is 12.3 Å². The Labute approximate surface area is 110 Å². The summed E-state index contributed by atoms with van der Waals surface area (Å²) in [7, 11) is 0. The molecule has 0 N–H and O–H groups in total. The van der Waals surface area contributed by atoms with Crippen molar-refractivity contribution in [2.45, 2.75) is 32.2 Å². The standard InChI is InChI=1S/C11H15N3O3S/c15-10-12-5-9(14(16)17)6-13(10)7-11(8-18)3-1-2-4-11/h5-6,18H,1-4,7-8H2. The topological polar surface area (TPSA) is 78.0 Å². The summed E-state index contributed by atoms with van der Waals surface area (Å²) >= 11 is 4.36. The first kappa shape index (κ1) is 13.1. The normalized spacial score (nSPS) is 17.8. The van der Waals surface area contributed by atoms with Crippen molar-refractivity contribution in [3.63, 3.8) is 0 Å². The second-order valence-corrected chi connectivity index (χ2v) is 5.16. The van der Waals surface area contributed by atoms with Gasteiger partial charge in [-0.1, -0.05) is 12.8 Å². The van der Waals surface area contributed by atoms with Crippen molar-refractivity contribution in [2.75, 3.05) is 5.75 Å². The molecule has 1 aliphatic rings. The van der Waals surface area contributed by atoms with E-state index in [-0.39, 0.29) is 11.1 Å². The van der Waals surface area contributed by atoms with Crippen LogP contribution in [-0.2, 0) is 6.54 Å². The van der Waals surface area contributed by atoms with Crippen molar-refractivity contribution in [1.82, 2.24) is 9.55 Å². The van der Waals surface area contributed by atoms with Crippen molar-refractivity contribution in [3.05, 3.63) is 33.0 Å². The van der Waals surface area contributed by atoms with Crippen LogP contribution in [0.15, 0.2) is 17.2 Å². The monoisotopic (exact) mass is 269 g/mol. The van der Waals surface area contributed by atoms with Crippen molar-refractivity contribution < 1.29 is 4.92 Å². The fraction of sp³-hybridized carbons (Fsp3) is 0.636. The van der Waals surface area contributed by atoms with Crippen LogP contribution < -0.4 is 5.69 Å². The Morgan fingerprint density at radius 2 is 2.17 bits per heavy atom. The minimum Gasteiger partial charge on any atom is -0.292 e. The van der Waals surface area contributed by atoms with Crippen LogP contribution in [0.25, 0.3) is 0 Å². The second kappa shape index (κ2) is 5.09. The van der Waals surface area contributed by atoms with Gasteiger partial charge in [-0.3, -0.25) is 14.7 Å². The molecule has 1 aromatic rings. The summed E-state index contributed by atoms with van der Waals surface area (Å²) in [6, 6.07) is 0. The summed E-state index contributed by atoms with van der Waals surface area (Å²) in [4.78, 5) is 25.3. The van der Waals surface area contributed by atoms with Crippen molar-refractivity contribution in [1.29, 1.82) is 0 Å². The molecule has 2 rings (SSSR count). The molecule has 0 bridgehead atoms. The third-order valence-corrected chi connectivity index (χ3v) is 4.23. The molecule has 7 heteroatoms. The Kier molecular flexibility index (Phi) is 3.70. The molecular weight excluding hydrogens is 254 g/mol. The van der Waals surface area contributed by atoms with Gasteiger partial charge in [0.25, 0.3) is 0 Å². The van der Waals surface area contributed by atoms with E-state index >= 15 is 0 Å². The zero-order valence-corrected chi connectivity index (χ0v) is 10.8. The average molecular weight is 269 g/mol. The Hall–Kier alpha value is -1.37. The number of aromatic nitrogens is 2. The maximum Gasteiger partial charge on any atom is 0.347 e. The highest BCUT2D eigenvalue weighted by Gasteiger charge is 2.33. The fourth-order valence-electron chi connectivity index (χ4n) is 2.50. The molecule has 0 aromatic carbocycles. The predicted molar refractivity (Wildman–Crippen MR) is 69.9 cm³/mol. The van der Waals surface area contributed by atoms with E-state index < -0.39 is 10.6 Å². The number of rotatable bonds is 4. The Balaban J connectivity index is 2.30. The summed E-state index contributed by atoms with van der Waals surface area (Å²) in [5, 5.41) is 10.7. The van der Waals surface area contributed by atoms with Gasteiger partial charge in [-0.25, -0.2) is 4.79 Å². The summed E-state index contributed by atoms with van der Waals surface area (Å²) in [6.45, 7) is 0.462. The van der Waals surface area contributed by atoms with Gasteiger partial charge in [0.15, 0.2) is 0 Å². The third-order valence-electron chi connectivity index (χ3n) is 3.56. The zero-order valence-electron chi connectivity index (χ0n) is 9.91. The van der Waals surface area contributed by atoms with Crippen molar-refractivity contribution in [2.24, 2.45) is 5.41 Å². The lowest BCUT2D eigenvalue weighted by Gasteiger charge is -2.27. The van der Waals surface area contributed by atoms with Gasteiger partial charge in [0, 0.05) is 6.54 Å². The molecule has 0 aliphatic heterocycles. The van der Waals surface area contributed by atoms with E-state index in [0.717, 1.165) is 31.9 Å². The van der Waals surface area contributed by atoms with E-state index in [2.05, 4.69) is 17.6 Å². The molecule has 0 spiro atoms. The molecule has 0 radical (unpaired) electrons.